The minimum absolute atomic E-state index is 0.264. The lowest BCUT2D eigenvalue weighted by Gasteiger charge is -2.12. The highest BCUT2D eigenvalue weighted by molar-refractivity contribution is 5.81. The summed E-state index contributed by atoms with van der Waals surface area (Å²) < 4.78 is 17.5. The smallest absolute Gasteiger partial charge is 0.330 e. The van der Waals surface area contributed by atoms with Crippen LogP contribution in [0.25, 0.3) is 11.0 Å². The molecule has 0 spiro atoms. The second-order valence-electron chi connectivity index (χ2n) is 3.65. The lowest BCUT2D eigenvalue weighted by atomic mass is 10.3. The van der Waals surface area contributed by atoms with E-state index in [4.69, 9.17) is 5.11 Å². The van der Waals surface area contributed by atoms with Crippen molar-refractivity contribution in [1.29, 1.82) is 0 Å². The molecule has 0 aliphatic carbocycles. The standard InChI is InChI=1S/C11H12FN3O3/c1-18-10(17)9(5-16)15-11-13-7-3-2-6(12)4-8(7)14-11/h2-4,9,16H,5H2,1H3,(H2,13,14,15). The first-order valence-corrected chi connectivity index (χ1v) is 5.24. The van der Waals surface area contributed by atoms with Gasteiger partial charge in [-0.15, -0.1) is 0 Å². The molecular formula is C11H12FN3O3. The average Bonchev–Trinajstić information content (AvgIpc) is 2.76. The fourth-order valence-electron chi connectivity index (χ4n) is 1.54. The van der Waals surface area contributed by atoms with E-state index in [1.165, 1.54) is 25.3 Å². The maximum atomic E-state index is 13.0. The van der Waals surface area contributed by atoms with E-state index >= 15 is 0 Å². The first-order chi connectivity index (χ1) is 8.63. The summed E-state index contributed by atoms with van der Waals surface area (Å²) in [4.78, 5) is 18.2. The number of methoxy groups -OCH3 is 1. The van der Waals surface area contributed by atoms with E-state index < -0.39 is 18.6 Å². The zero-order valence-electron chi connectivity index (χ0n) is 9.61. The lowest BCUT2D eigenvalue weighted by Crippen LogP contribution is -2.34. The number of anilines is 1. The second-order valence-corrected chi connectivity index (χ2v) is 3.65. The van der Waals surface area contributed by atoms with Crippen LogP contribution in [0.5, 0.6) is 0 Å². The molecule has 0 saturated heterocycles. The van der Waals surface area contributed by atoms with Gasteiger partial charge in [-0.1, -0.05) is 0 Å². The molecule has 3 N–H and O–H groups in total. The van der Waals surface area contributed by atoms with Gasteiger partial charge in [0.15, 0.2) is 6.04 Å². The number of hydrogen-bond donors (Lipinski definition) is 3. The zero-order valence-corrected chi connectivity index (χ0v) is 9.61. The summed E-state index contributed by atoms with van der Waals surface area (Å²) in [7, 11) is 1.22. The molecule has 1 aromatic carbocycles. The van der Waals surface area contributed by atoms with Gasteiger partial charge in [0.05, 0.1) is 24.8 Å². The van der Waals surface area contributed by atoms with Gasteiger partial charge in [0.2, 0.25) is 5.95 Å². The minimum atomic E-state index is -0.916. The Hall–Kier alpha value is -2.15. The summed E-state index contributed by atoms with van der Waals surface area (Å²) in [5.74, 6) is -0.728. The van der Waals surface area contributed by atoms with Crippen LogP contribution in [0, 0.1) is 5.82 Å². The molecule has 1 heterocycles. The maximum absolute atomic E-state index is 13.0. The van der Waals surface area contributed by atoms with Gasteiger partial charge >= 0.3 is 5.97 Å². The number of aliphatic hydroxyl groups is 1. The van der Waals surface area contributed by atoms with Crippen LogP contribution in [0.1, 0.15) is 0 Å². The molecule has 96 valence electrons. The number of hydrogen-bond acceptors (Lipinski definition) is 5. The quantitative estimate of drug-likeness (QED) is 0.696. The van der Waals surface area contributed by atoms with E-state index in [2.05, 4.69) is 20.0 Å². The topological polar surface area (TPSA) is 87.2 Å². The number of halogens is 1. The number of rotatable bonds is 4. The number of nitrogens with zero attached hydrogens (tertiary/aromatic N) is 1. The Morgan fingerprint density at radius 2 is 2.44 bits per heavy atom. The van der Waals surface area contributed by atoms with E-state index in [0.717, 1.165) is 0 Å². The molecule has 0 aliphatic heterocycles. The van der Waals surface area contributed by atoms with E-state index in [9.17, 15) is 9.18 Å². The summed E-state index contributed by atoms with van der Waals surface area (Å²) in [6.07, 6.45) is 0. The van der Waals surface area contributed by atoms with Crippen LogP contribution in [0.3, 0.4) is 0 Å². The van der Waals surface area contributed by atoms with Gasteiger partial charge in [0.1, 0.15) is 5.82 Å². The van der Waals surface area contributed by atoms with E-state index in [0.29, 0.717) is 11.0 Å². The Kier molecular flexibility index (Phi) is 3.42. The highest BCUT2D eigenvalue weighted by Gasteiger charge is 2.19. The van der Waals surface area contributed by atoms with Crippen molar-refractivity contribution in [3.8, 4) is 0 Å². The van der Waals surface area contributed by atoms with Crippen LogP contribution in [0.4, 0.5) is 10.3 Å². The van der Waals surface area contributed by atoms with Crippen molar-refractivity contribution in [2.45, 2.75) is 6.04 Å². The van der Waals surface area contributed by atoms with Crippen molar-refractivity contribution in [3.63, 3.8) is 0 Å². The van der Waals surface area contributed by atoms with Gasteiger partial charge in [0.25, 0.3) is 0 Å². The lowest BCUT2D eigenvalue weighted by molar-refractivity contribution is -0.142. The Morgan fingerprint density at radius 3 is 3.11 bits per heavy atom. The molecule has 2 rings (SSSR count). The van der Waals surface area contributed by atoms with Gasteiger partial charge in [-0.2, -0.15) is 0 Å². The van der Waals surface area contributed by atoms with Crippen molar-refractivity contribution in [2.75, 3.05) is 19.0 Å². The molecule has 0 amide bonds. The van der Waals surface area contributed by atoms with Gasteiger partial charge < -0.3 is 20.1 Å². The Balaban J connectivity index is 2.23. The van der Waals surface area contributed by atoms with E-state index in [1.807, 2.05) is 0 Å². The summed E-state index contributed by atoms with van der Waals surface area (Å²) in [5.41, 5.74) is 1.06. The molecule has 0 radical (unpaired) electrons. The predicted molar refractivity (Wildman–Crippen MR) is 62.6 cm³/mol. The Bertz CT molecular complexity index is 570. The number of benzene rings is 1. The molecule has 0 aliphatic rings. The van der Waals surface area contributed by atoms with Crippen molar-refractivity contribution < 1.29 is 19.0 Å². The van der Waals surface area contributed by atoms with Crippen molar-refractivity contribution in [1.82, 2.24) is 9.97 Å². The molecule has 2 aromatic rings. The van der Waals surface area contributed by atoms with Crippen molar-refractivity contribution >= 4 is 23.0 Å². The number of aliphatic hydroxyl groups excluding tert-OH is 1. The molecular weight excluding hydrogens is 241 g/mol. The third-order valence-electron chi connectivity index (χ3n) is 2.42. The van der Waals surface area contributed by atoms with Crippen molar-refractivity contribution in [2.24, 2.45) is 0 Å². The monoisotopic (exact) mass is 253 g/mol. The molecule has 1 unspecified atom stereocenters. The second kappa shape index (κ2) is 5.01. The Morgan fingerprint density at radius 1 is 1.67 bits per heavy atom. The van der Waals surface area contributed by atoms with Crippen LogP contribution in [0.2, 0.25) is 0 Å². The third kappa shape index (κ3) is 2.40. The fraction of sp³-hybridized carbons (Fsp3) is 0.273. The van der Waals surface area contributed by atoms with Crippen LogP contribution in [-0.2, 0) is 9.53 Å². The number of imidazole rings is 1. The first-order valence-electron chi connectivity index (χ1n) is 5.24. The number of carbonyl (C=O) groups is 1. The molecule has 0 bridgehead atoms. The number of fused-ring (bicyclic) bond motifs is 1. The maximum Gasteiger partial charge on any atom is 0.330 e. The number of H-pyrrole nitrogens is 1. The number of aromatic nitrogens is 2. The van der Waals surface area contributed by atoms with Gasteiger partial charge in [0, 0.05) is 0 Å². The highest BCUT2D eigenvalue weighted by atomic mass is 19.1. The van der Waals surface area contributed by atoms with Crippen molar-refractivity contribution in [3.05, 3.63) is 24.0 Å². The van der Waals surface area contributed by atoms with Crippen LogP contribution >= 0.6 is 0 Å². The number of carbonyl (C=O) groups excluding carboxylic acids is 1. The molecule has 0 saturated carbocycles. The van der Waals surface area contributed by atoms with Crippen LogP contribution in [-0.4, -0.2) is 40.8 Å². The normalized spacial score (nSPS) is 12.4. The highest BCUT2D eigenvalue weighted by Crippen LogP contribution is 2.16. The third-order valence-corrected chi connectivity index (χ3v) is 2.42. The molecule has 6 nitrogen and oxygen atoms in total. The van der Waals surface area contributed by atoms with Gasteiger partial charge in [-0.05, 0) is 18.2 Å². The van der Waals surface area contributed by atoms with Crippen LogP contribution in [0.15, 0.2) is 18.2 Å². The first kappa shape index (κ1) is 12.3. The number of aromatic amines is 1. The summed E-state index contributed by atoms with van der Waals surface area (Å²) in [6, 6.07) is 3.18. The minimum Gasteiger partial charge on any atom is -0.467 e. The summed E-state index contributed by atoms with van der Waals surface area (Å²) >= 11 is 0. The Labute approximate surface area is 102 Å². The average molecular weight is 253 g/mol. The summed E-state index contributed by atoms with van der Waals surface area (Å²) in [6.45, 7) is -0.432. The predicted octanol–water partition coefficient (Wildman–Crippen LogP) is 0.648. The van der Waals surface area contributed by atoms with E-state index in [-0.39, 0.29) is 11.8 Å². The summed E-state index contributed by atoms with van der Waals surface area (Å²) in [5, 5.41) is 11.7. The molecule has 0 fully saturated rings. The fourth-order valence-corrected chi connectivity index (χ4v) is 1.54. The number of esters is 1. The molecule has 18 heavy (non-hydrogen) atoms. The SMILES string of the molecule is COC(=O)C(CO)Nc1nc2ccc(F)cc2[nH]1. The molecule has 1 aromatic heterocycles. The van der Waals surface area contributed by atoms with Crippen LogP contribution < -0.4 is 5.32 Å². The largest absolute Gasteiger partial charge is 0.467 e. The van der Waals surface area contributed by atoms with Gasteiger partial charge in [-0.25, -0.2) is 14.2 Å². The van der Waals surface area contributed by atoms with E-state index in [1.54, 1.807) is 0 Å². The number of ether oxygens (including phenoxy) is 1. The zero-order chi connectivity index (χ0) is 13.1. The van der Waals surface area contributed by atoms with Gasteiger partial charge in [-0.3, -0.25) is 0 Å². The molecule has 1 atom stereocenters. The number of nitrogens with one attached hydrogen (secondary N) is 2. The molecule has 7 heteroatoms.